The topological polar surface area (TPSA) is 21.3 Å². The minimum absolute atomic E-state index is 0.478. The summed E-state index contributed by atoms with van der Waals surface area (Å²) in [7, 11) is 2.05. The van der Waals surface area contributed by atoms with E-state index in [1.54, 1.807) is 0 Å². The molecule has 0 radical (unpaired) electrons. The molecule has 1 atom stereocenters. The van der Waals surface area contributed by atoms with E-state index in [0.717, 1.165) is 12.2 Å². The highest BCUT2D eigenvalue weighted by Crippen LogP contribution is 2.32. The van der Waals surface area contributed by atoms with E-state index in [0.29, 0.717) is 12.6 Å². The molecular formula is C18H23NOS. The van der Waals surface area contributed by atoms with Gasteiger partial charge in [-0.05, 0) is 68.1 Å². The van der Waals surface area contributed by atoms with Gasteiger partial charge in [-0.25, -0.2) is 0 Å². The van der Waals surface area contributed by atoms with Crippen LogP contribution in [0.5, 0.6) is 5.75 Å². The first kappa shape index (κ1) is 14.6. The van der Waals surface area contributed by atoms with Crippen molar-refractivity contribution >= 4 is 11.3 Å². The van der Waals surface area contributed by atoms with Crippen LogP contribution in [0.2, 0.25) is 0 Å². The second-order valence-electron chi connectivity index (χ2n) is 5.60. The molecular weight excluding hydrogens is 278 g/mol. The number of benzene rings is 1. The predicted molar refractivity (Wildman–Crippen MR) is 89.2 cm³/mol. The fourth-order valence-corrected chi connectivity index (χ4v) is 3.88. The molecule has 0 bridgehead atoms. The van der Waals surface area contributed by atoms with Crippen LogP contribution < -0.4 is 10.1 Å². The molecule has 0 aliphatic heterocycles. The van der Waals surface area contributed by atoms with Crippen molar-refractivity contribution in [2.24, 2.45) is 0 Å². The third-order valence-electron chi connectivity index (χ3n) is 4.23. The fraction of sp³-hybridized carbons (Fsp3) is 0.444. The first-order valence-electron chi connectivity index (χ1n) is 7.80. The number of nitrogens with one attached hydrogen (secondary N) is 1. The maximum atomic E-state index is 5.99. The van der Waals surface area contributed by atoms with Crippen LogP contribution in [0.1, 0.15) is 46.7 Å². The van der Waals surface area contributed by atoms with Gasteiger partial charge < -0.3 is 10.1 Å². The molecule has 0 saturated carbocycles. The zero-order valence-corrected chi connectivity index (χ0v) is 13.6. The average Bonchev–Trinajstić information content (AvgIpc) is 3.00. The summed E-state index contributed by atoms with van der Waals surface area (Å²) in [6.07, 6.45) is 4.79. The zero-order chi connectivity index (χ0) is 14.7. The van der Waals surface area contributed by atoms with Crippen LogP contribution in [-0.4, -0.2) is 7.05 Å². The van der Waals surface area contributed by atoms with E-state index in [1.807, 2.05) is 18.4 Å². The third kappa shape index (κ3) is 3.30. The van der Waals surface area contributed by atoms with Gasteiger partial charge in [0.25, 0.3) is 0 Å². The van der Waals surface area contributed by atoms with Gasteiger partial charge in [0.1, 0.15) is 12.4 Å². The Balaban J connectivity index is 1.71. The number of ether oxygens (including phenoxy) is 1. The van der Waals surface area contributed by atoms with Gasteiger partial charge in [-0.1, -0.05) is 13.0 Å². The Kier molecular flexibility index (Phi) is 4.61. The number of hydrogen-bond donors (Lipinski definition) is 1. The van der Waals surface area contributed by atoms with Crippen molar-refractivity contribution in [3.05, 3.63) is 51.2 Å². The van der Waals surface area contributed by atoms with Gasteiger partial charge >= 0.3 is 0 Å². The summed E-state index contributed by atoms with van der Waals surface area (Å²) in [4.78, 5) is 2.73. The van der Waals surface area contributed by atoms with Gasteiger partial charge in [-0.3, -0.25) is 0 Å². The summed E-state index contributed by atoms with van der Waals surface area (Å²) in [6.45, 7) is 2.87. The van der Waals surface area contributed by atoms with Crippen LogP contribution in [0, 0.1) is 0 Å². The van der Waals surface area contributed by atoms with Crippen LogP contribution >= 0.6 is 11.3 Å². The molecule has 3 rings (SSSR count). The Labute approximate surface area is 131 Å². The lowest BCUT2D eigenvalue weighted by atomic mass is 9.87. The number of aryl methyl sites for hydroxylation is 2. The highest BCUT2D eigenvalue weighted by Gasteiger charge is 2.19. The first-order valence-corrected chi connectivity index (χ1v) is 8.62. The largest absolute Gasteiger partial charge is 0.488 e. The van der Waals surface area contributed by atoms with E-state index in [1.165, 1.54) is 40.1 Å². The van der Waals surface area contributed by atoms with E-state index in [4.69, 9.17) is 4.74 Å². The van der Waals surface area contributed by atoms with Gasteiger partial charge in [0.05, 0.1) is 0 Å². The normalized spacial score (nSPS) is 17.5. The maximum Gasteiger partial charge on any atom is 0.122 e. The van der Waals surface area contributed by atoms with E-state index in [9.17, 15) is 0 Å². The van der Waals surface area contributed by atoms with Crippen molar-refractivity contribution in [1.82, 2.24) is 5.32 Å². The number of rotatable bonds is 5. The lowest BCUT2D eigenvalue weighted by molar-refractivity contribution is 0.308. The summed E-state index contributed by atoms with van der Waals surface area (Å²) in [6, 6.07) is 11.4. The Morgan fingerprint density at radius 2 is 2.10 bits per heavy atom. The minimum atomic E-state index is 0.478. The van der Waals surface area contributed by atoms with Gasteiger partial charge in [-0.15, -0.1) is 11.3 Å². The molecule has 3 heteroatoms. The van der Waals surface area contributed by atoms with Crippen molar-refractivity contribution in [1.29, 1.82) is 0 Å². The summed E-state index contributed by atoms with van der Waals surface area (Å²) in [5.74, 6) is 0.988. The molecule has 0 fully saturated rings. The molecule has 1 aromatic heterocycles. The van der Waals surface area contributed by atoms with Gasteiger partial charge in [0.2, 0.25) is 0 Å². The monoisotopic (exact) mass is 301 g/mol. The standard InChI is InChI=1S/C18H23NOS/c1-3-15-9-10-16(21-15)12-20-14-8-7-13-5-4-6-18(19-2)17(13)11-14/h7-11,18-19H,3-6,12H2,1-2H3. The van der Waals surface area contributed by atoms with Crippen LogP contribution in [0.15, 0.2) is 30.3 Å². The van der Waals surface area contributed by atoms with Crippen LogP contribution in [0.4, 0.5) is 0 Å². The molecule has 2 nitrogen and oxygen atoms in total. The highest BCUT2D eigenvalue weighted by molar-refractivity contribution is 7.11. The second-order valence-corrected chi connectivity index (χ2v) is 6.86. The summed E-state index contributed by atoms with van der Waals surface area (Å²) in [5.41, 5.74) is 2.89. The Morgan fingerprint density at radius 3 is 2.86 bits per heavy atom. The van der Waals surface area contributed by atoms with Crippen molar-refractivity contribution in [2.75, 3.05) is 7.05 Å². The van der Waals surface area contributed by atoms with E-state index < -0.39 is 0 Å². The molecule has 1 N–H and O–H groups in total. The van der Waals surface area contributed by atoms with Gasteiger partial charge in [-0.2, -0.15) is 0 Å². The molecule has 0 spiro atoms. The van der Waals surface area contributed by atoms with E-state index in [-0.39, 0.29) is 0 Å². The Bertz CT molecular complexity index is 605. The number of hydrogen-bond acceptors (Lipinski definition) is 3. The van der Waals surface area contributed by atoms with Crippen molar-refractivity contribution in [3.8, 4) is 5.75 Å². The molecule has 1 heterocycles. The smallest absolute Gasteiger partial charge is 0.122 e. The van der Waals surface area contributed by atoms with E-state index in [2.05, 4.69) is 42.6 Å². The minimum Gasteiger partial charge on any atom is -0.488 e. The maximum absolute atomic E-state index is 5.99. The van der Waals surface area contributed by atoms with Crippen LogP contribution in [0.25, 0.3) is 0 Å². The summed E-state index contributed by atoms with van der Waals surface area (Å²) < 4.78 is 5.99. The lowest BCUT2D eigenvalue weighted by Crippen LogP contribution is -2.21. The van der Waals surface area contributed by atoms with Gasteiger partial charge in [0, 0.05) is 15.8 Å². The number of thiophene rings is 1. The van der Waals surface area contributed by atoms with Gasteiger partial charge in [0.15, 0.2) is 0 Å². The summed E-state index contributed by atoms with van der Waals surface area (Å²) >= 11 is 1.85. The summed E-state index contributed by atoms with van der Waals surface area (Å²) in [5, 5.41) is 3.42. The zero-order valence-electron chi connectivity index (χ0n) is 12.8. The fourth-order valence-electron chi connectivity index (χ4n) is 3.01. The van der Waals surface area contributed by atoms with Crippen LogP contribution in [-0.2, 0) is 19.4 Å². The molecule has 1 aromatic carbocycles. The van der Waals surface area contributed by atoms with Crippen molar-refractivity contribution < 1.29 is 4.74 Å². The predicted octanol–water partition coefficient (Wildman–Crippen LogP) is 4.49. The molecule has 0 amide bonds. The van der Waals surface area contributed by atoms with Crippen molar-refractivity contribution in [3.63, 3.8) is 0 Å². The van der Waals surface area contributed by atoms with Crippen molar-refractivity contribution in [2.45, 2.75) is 45.3 Å². The molecule has 0 saturated heterocycles. The SMILES string of the molecule is CCc1ccc(COc2ccc3c(c2)C(NC)CCC3)s1. The lowest BCUT2D eigenvalue weighted by Gasteiger charge is -2.25. The molecule has 2 aromatic rings. The highest BCUT2D eigenvalue weighted by atomic mass is 32.1. The number of fused-ring (bicyclic) bond motifs is 1. The second kappa shape index (κ2) is 6.63. The molecule has 1 aliphatic rings. The average molecular weight is 301 g/mol. The molecule has 1 aliphatic carbocycles. The quantitative estimate of drug-likeness (QED) is 0.879. The van der Waals surface area contributed by atoms with Crippen LogP contribution in [0.3, 0.4) is 0 Å². The third-order valence-corrected chi connectivity index (χ3v) is 5.43. The van der Waals surface area contributed by atoms with E-state index >= 15 is 0 Å². The Hall–Kier alpha value is -1.32. The molecule has 1 unspecified atom stereocenters. The Morgan fingerprint density at radius 1 is 1.24 bits per heavy atom. The first-order chi connectivity index (χ1) is 10.3. The molecule has 112 valence electrons. The molecule has 21 heavy (non-hydrogen) atoms.